The summed E-state index contributed by atoms with van der Waals surface area (Å²) in [5.41, 5.74) is 1.72. The maximum absolute atomic E-state index is 13.0. The van der Waals surface area contributed by atoms with Gasteiger partial charge in [-0.2, -0.15) is 0 Å². The number of ether oxygens (including phenoxy) is 2. The highest BCUT2D eigenvalue weighted by Gasteiger charge is 2.21. The van der Waals surface area contributed by atoms with Crippen molar-refractivity contribution in [2.24, 2.45) is 0 Å². The predicted octanol–water partition coefficient (Wildman–Crippen LogP) is 2.18. The number of esters is 1. The second-order valence-corrected chi connectivity index (χ2v) is 6.83. The minimum atomic E-state index is -0.478. The number of carbonyl (C=O) groups excluding carboxylic acids is 1. The van der Waals surface area contributed by atoms with Gasteiger partial charge in [0.1, 0.15) is 16.3 Å². The van der Waals surface area contributed by atoms with Crippen LogP contribution in [0.15, 0.2) is 34.2 Å². The largest absolute Gasteiger partial charge is 0.468 e. The molecule has 3 rings (SSSR count). The van der Waals surface area contributed by atoms with E-state index in [-0.39, 0.29) is 11.5 Å². The lowest BCUT2D eigenvalue weighted by Crippen LogP contribution is -2.26. The highest BCUT2D eigenvalue weighted by Crippen LogP contribution is 2.26. The van der Waals surface area contributed by atoms with Crippen molar-refractivity contribution in [3.05, 3.63) is 34.6 Å². The van der Waals surface area contributed by atoms with E-state index in [2.05, 4.69) is 9.97 Å². The molecular weight excluding hydrogens is 342 g/mol. The maximum atomic E-state index is 13.0. The van der Waals surface area contributed by atoms with Gasteiger partial charge in [0.25, 0.3) is 5.56 Å². The Morgan fingerprint density at radius 1 is 1.36 bits per heavy atom. The number of aromatic amines is 1. The molecule has 0 aliphatic heterocycles. The smallest absolute Gasteiger partial charge is 0.318 e. The van der Waals surface area contributed by atoms with Gasteiger partial charge in [-0.15, -0.1) is 0 Å². The molecule has 0 fully saturated rings. The van der Waals surface area contributed by atoms with Gasteiger partial charge in [-0.25, -0.2) is 4.98 Å². The number of benzene rings is 1. The molecule has 0 aliphatic carbocycles. The zero-order valence-electron chi connectivity index (χ0n) is 14.2. The van der Waals surface area contributed by atoms with E-state index in [0.29, 0.717) is 29.3 Å². The van der Waals surface area contributed by atoms with E-state index in [1.807, 2.05) is 24.3 Å². The van der Waals surface area contributed by atoms with Crippen LogP contribution in [-0.2, 0) is 20.8 Å². The third kappa shape index (κ3) is 3.27. The summed E-state index contributed by atoms with van der Waals surface area (Å²) in [6.45, 7) is 2.44. The molecule has 2 aromatic heterocycles. The van der Waals surface area contributed by atoms with Crippen molar-refractivity contribution >= 4 is 39.7 Å². The Labute approximate surface area is 148 Å². The summed E-state index contributed by atoms with van der Waals surface area (Å²) in [5, 5.41) is 0.867. The molecule has 1 aromatic carbocycles. The SMILES string of the molecule is COCCn1c(S[C@H](C)C(=O)OC)nc2c([nH]c3ccccc32)c1=O. The molecular formula is C17H19N3O4S. The molecule has 7 nitrogen and oxygen atoms in total. The molecule has 1 N–H and O–H groups in total. The number of para-hydroxylation sites is 1. The van der Waals surface area contributed by atoms with Crippen molar-refractivity contribution in [3.63, 3.8) is 0 Å². The summed E-state index contributed by atoms with van der Waals surface area (Å²) < 4.78 is 11.4. The Morgan fingerprint density at radius 3 is 2.84 bits per heavy atom. The van der Waals surface area contributed by atoms with Crippen LogP contribution in [-0.4, -0.2) is 46.6 Å². The Hall–Kier alpha value is -2.32. The zero-order chi connectivity index (χ0) is 18.0. The number of thioether (sulfide) groups is 1. The van der Waals surface area contributed by atoms with Crippen molar-refractivity contribution < 1.29 is 14.3 Å². The molecule has 132 valence electrons. The predicted molar refractivity (Wildman–Crippen MR) is 97.1 cm³/mol. The first-order chi connectivity index (χ1) is 12.1. The molecule has 0 radical (unpaired) electrons. The molecule has 0 unspecified atom stereocenters. The van der Waals surface area contributed by atoms with Gasteiger partial charge in [-0.1, -0.05) is 30.0 Å². The molecule has 0 saturated carbocycles. The normalized spacial score (nSPS) is 12.6. The summed E-state index contributed by atoms with van der Waals surface area (Å²) in [6.07, 6.45) is 0. The topological polar surface area (TPSA) is 86.2 Å². The Balaban J connectivity index is 2.19. The fourth-order valence-corrected chi connectivity index (χ4v) is 3.57. The quantitative estimate of drug-likeness (QED) is 0.411. The average Bonchev–Trinajstić information content (AvgIpc) is 2.99. The lowest BCUT2D eigenvalue weighted by molar-refractivity contribution is -0.139. The van der Waals surface area contributed by atoms with Gasteiger partial charge in [0, 0.05) is 18.0 Å². The fourth-order valence-electron chi connectivity index (χ4n) is 2.62. The molecule has 8 heteroatoms. The van der Waals surface area contributed by atoms with Gasteiger partial charge >= 0.3 is 5.97 Å². The summed E-state index contributed by atoms with van der Waals surface area (Å²) in [7, 11) is 2.91. The lowest BCUT2D eigenvalue weighted by Gasteiger charge is -2.14. The van der Waals surface area contributed by atoms with E-state index in [1.165, 1.54) is 23.4 Å². The van der Waals surface area contributed by atoms with Crippen LogP contribution in [0.2, 0.25) is 0 Å². The van der Waals surface area contributed by atoms with Gasteiger partial charge < -0.3 is 14.5 Å². The van der Waals surface area contributed by atoms with E-state index in [1.54, 1.807) is 14.0 Å². The van der Waals surface area contributed by atoms with Crippen LogP contribution in [0.25, 0.3) is 21.9 Å². The van der Waals surface area contributed by atoms with Crippen LogP contribution >= 0.6 is 11.8 Å². The Bertz CT molecular complexity index is 979. The molecule has 0 spiro atoms. The van der Waals surface area contributed by atoms with E-state index in [0.717, 1.165) is 10.9 Å². The van der Waals surface area contributed by atoms with Crippen LogP contribution < -0.4 is 5.56 Å². The molecule has 0 aliphatic rings. The zero-order valence-corrected chi connectivity index (χ0v) is 15.1. The second kappa shape index (κ2) is 7.28. The van der Waals surface area contributed by atoms with Crippen LogP contribution in [0, 0.1) is 0 Å². The third-order valence-electron chi connectivity index (χ3n) is 3.91. The standard InChI is InChI=1S/C17H19N3O4S/c1-10(16(22)24-3)25-17-19-13-11-6-4-5-7-12(11)18-14(13)15(21)20(17)8-9-23-2/h4-7,10,18H,8-9H2,1-3H3/t10-/m1/s1. The summed E-state index contributed by atoms with van der Waals surface area (Å²) in [4.78, 5) is 32.5. The minimum Gasteiger partial charge on any atom is -0.468 e. The molecule has 25 heavy (non-hydrogen) atoms. The first-order valence-electron chi connectivity index (χ1n) is 7.81. The first kappa shape index (κ1) is 17.5. The molecule has 0 amide bonds. The number of carbonyl (C=O) groups is 1. The number of hydrogen-bond acceptors (Lipinski definition) is 6. The van der Waals surface area contributed by atoms with Crippen LogP contribution in [0.1, 0.15) is 6.92 Å². The van der Waals surface area contributed by atoms with Crippen molar-refractivity contribution in [3.8, 4) is 0 Å². The number of rotatable bonds is 6. The molecule has 1 atom stereocenters. The van der Waals surface area contributed by atoms with Crippen LogP contribution in [0.3, 0.4) is 0 Å². The Morgan fingerprint density at radius 2 is 2.12 bits per heavy atom. The third-order valence-corrected chi connectivity index (χ3v) is 4.98. The molecule has 2 heterocycles. The summed E-state index contributed by atoms with van der Waals surface area (Å²) in [6, 6.07) is 7.62. The van der Waals surface area contributed by atoms with Gasteiger partial charge in [-0.05, 0) is 13.0 Å². The summed E-state index contributed by atoms with van der Waals surface area (Å²) >= 11 is 1.20. The van der Waals surface area contributed by atoms with E-state index in [9.17, 15) is 9.59 Å². The van der Waals surface area contributed by atoms with Gasteiger partial charge in [0.2, 0.25) is 0 Å². The molecule has 0 bridgehead atoms. The number of nitrogens with one attached hydrogen (secondary N) is 1. The second-order valence-electron chi connectivity index (χ2n) is 5.52. The highest BCUT2D eigenvalue weighted by molar-refractivity contribution is 8.00. The molecule has 3 aromatic rings. The first-order valence-corrected chi connectivity index (χ1v) is 8.69. The monoisotopic (exact) mass is 361 g/mol. The van der Waals surface area contributed by atoms with Crippen molar-refractivity contribution in [1.82, 2.24) is 14.5 Å². The fraction of sp³-hybridized carbons (Fsp3) is 0.353. The van der Waals surface area contributed by atoms with Gasteiger partial charge in [-0.3, -0.25) is 14.2 Å². The van der Waals surface area contributed by atoms with E-state index < -0.39 is 5.25 Å². The van der Waals surface area contributed by atoms with Crippen molar-refractivity contribution in [2.75, 3.05) is 20.8 Å². The van der Waals surface area contributed by atoms with E-state index >= 15 is 0 Å². The lowest BCUT2D eigenvalue weighted by atomic mass is 10.2. The van der Waals surface area contributed by atoms with Gasteiger partial charge in [0.15, 0.2) is 5.16 Å². The van der Waals surface area contributed by atoms with E-state index in [4.69, 9.17) is 9.47 Å². The van der Waals surface area contributed by atoms with Crippen LogP contribution in [0.5, 0.6) is 0 Å². The number of methoxy groups -OCH3 is 2. The number of nitrogens with zero attached hydrogens (tertiary/aromatic N) is 2. The number of H-pyrrole nitrogens is 1. The number of hydrogen-bond donors (Lipinski definition) is 1. The molecule has 0 saturated heterocycles. The highest BCUT2D eigenvalue weighted by atomic mass is 32.2. The van der Waals surface area contributed by atoms with Crippen molar-refractivity contribution in [2.45, 2.75) is 23.9 Å². The van der Waals surface area contributed by atoms with Crippen molar-refractivity contribution in [1.29, 1.82) is 0 Å². The number of fused-ring (bicyclic) bond motifs is 3. The summed E-state index contributed by atoms with van der Waals surface area (Å²) in [5.74, 6) is -0.364. The minimum absolute atomic E-state index is 0.183. The Kier molecular flexibility index (Phi) is 5.10. The van der Waals surface area contributed by atoms with Gasteiger partial charge in [0.05, 0.1) is 20.3 Å². The van der Waals surface area contributed by atoms with Crippen LogP contribution in [0.4, 0.5) is 0 Å². The maximum Gasteiger partial charge on any atom is 0.318 e. The number of aromatic nitrogens is 3. The average molecular weight is 361 g/mol.